The third-order valence-corrected chi connectivity index (χ3v) is 5.27. The predicted molar refractivity (Wildman–Crippen MR) is 82.2 cm³/mol. The standard InChI is InChI=1S/C17H22N2O3/c1-10-16(12-5-7-19(10)8-6-12)18-17(20)13-3-4-14-15(9-13)22-11(2)21-14/h3-4,9-12,16H,5-8H2,1-2H3,(H,18,20). The van der Waals surface area contributed by atoms with E-state index in [0.29, 0.717) is 29.0 Å². The zero-order valence-electron chi connectivity index (χ0n) is 13.0. The maximum Gasteiger partial charge on any atom is 0.251 e. The number of nitrogens with zero attached hydrogens (tertiary/aromatic N) is 1. The topological polar surface area (TPSA) is 50.8 Å². The average molecular weight is 302 g/mol. The minimum Gasteiger partial charge on any atom is -0.451 e. The van der Waals surface area contributed by atoms with E-state index in [9.17, 15) is 4.79 Å². The number of carbonyl (C=O) groups excluding carboxylic acids is 1. The van der Waals surface area contributed by atoms with Gasteiger partial charge in [0.15, 0.2) is 11.5 Å². The van der Waals surface area contributed by atoms with Gasteiger partial charge in [-0.1, -0.05) is 0 Å². The maximum absolute atomic E-state index is 12.6. The third kappa shape index (κ3) is 2.24. The quantitative estimate of drug-likeness (QED) is 0.908. The Hall–Kier alpha value is -1.75. The average Bonchev–Trinajstić information content (AvgIpc) is 2.90. The molecule has 1 aromatic rings. The first-order chi connectivity index (χ1) is 10.6. The molecule has 1 amide bonds. The fraction of sp³-hybridized carbons (Fsp3) is 0.588. The van der Waals surface area contributed by atoms with Gasteiger partial charge in [-0.05, 0) is 57.0 Å². The van der Waals surface area contributed by atoms with Gasteiger partial charge in [0.1, 0.15) is 0 Å². The van der Waals surface area contributed by atoms with Crippen molar-refractivity contribution < 1.29 is 14.3 Å². The monoisotopic (exact) mass is 302 g/mol. The first-order valence-electron chi connectivity index (χ1n) is 8.14. The molecule has 118 valence electrons. The van der Waals surface area contributed by atoms with Crippen LogP contribution in [0.4, 0.5) is 0 Å². The second kappa shape index (κ2) is 5.16. The first-order valence-corrected chi connectivity index (χ1v) is 8.14. The highest BCUT2D eigenvalue weighted by molar-refractivity contribution is 5.95. The summed E-state index contributed by atoms with van der Waals surface area (Å²) in [6.45, 7) is 6.40. The first kappa shape index (κ1) is 13.9. The molecule has 2 bridgehead atoms. The second-order valence-electron chi connectivity index (χ2n) is 6.58. The van der Waals surface area contributed by atoms with E-state index in [1.165, 1.54) is 25.9 Å². The summed E-state index contributed by atoms with van der Waals surface area (Å²) in [6.07, 6.45) is 2.09. The minimum absolute atomic E-state index is 0.0171. The zero-order valence-corrected chi connectivity index (χ0v) is 13.0. The molecule has 22 heavy (non-hydrogen) atoms. The summed E-state index contributed by atoms with van der Waals surface area (Å²) < 4.78 is 11.0. The Labute approximate surface area is 130 Å². The van der Waals surface area contributed by atoms with E-state index in [-0.39, 0.29) is 18.2 Å². The third-order valence-electron chi connectivity index (χ3n) is 5.27. The number of rotatable bonds is 2. The van der Waals surface area contributed by atoms with Crippen LogP contribution in [0.25, 0.3) is 0 Å². The number of carbonyl (C=O) groups is 1. The van der Waals surface area contributed by atoms with E-state index in [0.717, 1.165) is 0 Å². The molecule has 3 fully saturated rings. The Morgan fingerprint density at radius 3 is 2.64 bits per heavy atom. The van der Waals surface area contributed by atoms with Crippen LogP contribution >= 0.6 is 0 Å². The molecule has 0 spiro atoms. The zero-order chi connectivity index (χ0) is 15.3. The SMILES string of the molecule is CC1Oc2ccc(C(=O)NC3C4CCN(CC4)C3C)cc2O1. The molecule has 3 saturated heterocycles. The number of benzene rings is 1. The van der Waals surface area contributed by atoms with Gasteiger partial charge in [0.25, 0.3) is 5.91 Å². The van der Waals surface area contributed by atoms with Gasteiger partial charge in [-0.2, -0.15) is 0 Å². The number of nitrogens with one attached hydrogen (secondary N) is 1. The Balaban J connectivity index is 1.50. The van der Waals surface area contributed by atoms with E-state index in [1.807, 2.05) is 19.1 Å². The molecule has 4 aliphatic rings. The van der Waals surface area contributed by atoms with Crippen LogP contribution in [0.1, 0.15) is 37.0 Å². The van der Waals surface area contributed by atoms with Gasteiger partial charge >= 0.3 is 0 Å². The molecule has 0 radical (unpaired) electrons. The number of fused-ring (bicyclic) bond motifs is 4. The molecule has 0 aromatic heterocycles. The Kier molecular flexibility index (Phi) is 3.26. The highest BCUT2D eigenvalue weighted by Gasteiger charge is 2.40. The molecule has 1 aromatic carbocycles. The summed E-state index contributed by atoms with van der Waals surface area (Å²) in [6, 6.07) is 6.07. The summed E-state index contributed by atoms with van der Waals surface area (Å²) >= 11 is 0. The van der Waals surface area contributed by atoms with Crippen LogP contribution in [0.3, 0.4) is 0 Å². The van der Waals surface area contributed by atoms with E-state index < -0.39 is 0 Å². The van der Waals surface area contributed by atoms with Crippen LogP contribution in [-0.4, -0.2) is 42.3 Å². The van der Waals surface area contributed by atoms with Gasteiger partial charge in [0, 0.05) is 24.6 Å². The summed E-state index contributed by atoms with van der Waals surface area (Å²) in [5.74, 6) is 1.96. The van der Waals surface area contributed by atoms with E-state index in [1.54, 1.807) is 6.07 Å². The number of amides is 1. The summed E-state index contributed by atoms with van der Waals surface area (Å²) in [4.78, 5) is 15.1. The molecule has 4 heterocycles. The Bertz CT molecular complexity index is 594. The van der Waals surface area contributed by atoms with Crippen LogP contribution in [0.2, 0.25) is 0 Å². The van der Waals surface area contributed by atoms with Crippen molar-refractivity contribution in [2.75, 3.05) is 13.1 Å². The van der Waals surface area contributed by atoms with Crippen molar-refractivity contribution in [3.8, 4) is 11.5 Å². The number of ether oxygens (including phenoxy) is 2. The molecule has 5 rings (SSSR count). The number of piperidine rings is 3. The van der Waals surface area contributed by atoms with Gasteiger partial charge in [0.2, 0.25) is 6.29 Å². The highest BCUT2D eigenvalue weighted by Crippen LogP contribution is 2.36. The van der Waals surface area contributed by atoms with Gasteiger partial charge in [0.05, 0.1) is 0 Å². The van der Waals surface area contributed by atoms with Crippen molar-refractivity contribution in [1.82, 2.24) is 10.2 Å². The van der Waals surface area contributed by atoms with Crippen molar-refractivity contribution in [1.29, 1.82) is 0 Å². The lowest BCUT2D eigenvalue weighted by Crippen LogP contribution is -2.62. The molecule has 0 aliphatic carbocycles. The summed E-state index contributed by atoms with van der Waals surface area (Å²) in [7, 11) is 0. The molecule has 5 nitrogen and oxygen atoms in total. The molecular weight excluding hydrogens is 280 g/mol. The van der Waals surface area contributed by atoms with Crippen LogP contribution in [0.5, 0.6) is 11.5 Å². The lowest BCUT2D eigenvalue weighted by Gasteiger charge is -2.49. The lowest BCUT2D eigenvalue weighted by molar-refractivity contribution is 0.0217. The molecule has 3 atom stereocenters. The van der Waals surface area contributed by atoms with E-state index in [2.05, 4.69) is 17.1 Å². The van der Waals surface area contributed by atoms with Crippen molar-refractivity contribution in [2.24, 2.45) is 5.92 Å². The number of hydrogen-bond acceptors (Lipinski definition) is 4. The predicted octanol–water partition coefficient (Wildman–Crippen LogP) is 2.02. The fourth-order valence-corrected chi connectivity index (χ4v) is 4.00. The molecule has 1 N–H and O–H groups in total. The molecule has 4 aliphatic heterocycles. The van der Waals surface area contributed by atoms with Crippen LogP contribution in [-0.2, 0) is 0 Å². The molecular formula is C17H22N2O3. The molecule has 5 heteroatoms. The van der Waals surface area contributed by atoms with Crippen molar-refractivity contribution in [3.05, 3.63) is 23.8 Å². The van der Waals surface area contributed by atoms with E-state index in [4.69, 9.17) is 9.47 Å². The van der Waals surface area contributed by atoms with Crippen LogP contribution in [0, 0.1) is 5.92 Å². The van der Waals surface area contributed by atoms with Gasteiger partial charge in [-0.3, -0.25) is 9.69 Å². The lowest BCUT2D eigenvalue weighted by atomic mass is 9.79. The van der Waals surface area contributed by atoms with Crippen molar-refractivity contribution >= 4 is 5.91 Å². The Morgan fingerprint density at radius 2 is 1.91 bits per heavy atom. The summed E-state index contributed by atoms with van der Waals surface area (Å²) in [5.41, 5.74) is 0.639. The highest BCUT2D eigenvalue weighted by atomic mass is 16.7. The van der Waals surface area contributed by atoms with Crippen molar-refractivity contribution in [3.63, 3.8) is 0 Å². The van der Waals surface area contributed by atoms with Crippen molar-refractivity contribution in [2.45, 2.75) is 45.1 Å². The number of hydrogen-bond donors (Lipinski definition) is 1. The fourth-order valence-electron chi connectivity index (χ4n) is 4.00. The largest absolute Gasteiger partial charge is 0.451 e. The van der Waals surface area contributed by atoms with Gasteiger partial charge < -0.3 is 14.8 Å². The van der Waals surface area contributed by atoms with Crippen LogP contribution < -0.4 is 14.8 Å². The van der Waals surface area contributed by atoms with Crippen LogP contribution in [0.15, 0.2) is 18.2 Å². The second-order valence-corrected chi connectivity index (χ2v) is 6.58. The normalized spacial score (nSPS) is 35.5. The Morgan fingerprint density at radius 1 is 1.18 bits per heavy atom. The molecule has 0 saturated carbocycles. The van der Waals surface area contributed by atoms with Gasteiger partial charge in [-0.25, -0.2) is 0 Å². The summed E-state index contributed by atoms with van der Waals surface area (Å²) in [5, 5.41) is 3.24. The smallest absolute Gasteiger partial charge is 0.251 e. The molecule has 3 unspecified atom stereocenters. The van der Waals surface area contributed by atoms with Gasteiger partial charge in [-0.15, -0.1) is 0 Å². The maximum atomic E-state index is 12.6. The minimum atomic E-state index is -0.282. The van der Waals surface area contributed by atoms with E-state index >= 15 is 0 Å².